The Balaban J connectivity index is 1.58. The van der Waals surface area contributed by atoms with Gasteiger partial charge in [0.2, 0.25) is 0 Å². The normalized spacial score (nSPS) is 13.9. The maximum absolute atomic E-state index is 13.9. The first kappa shape index (κ1) is 22.6. The lowest BCUT2D eigenvalue weighted by atomic mass is 9.90. The number of benzene rings is 3. The van der Waals surface area contributed by atoms with Crippen LogP contribution in [0.4, 0.5) is 4.39 Å². The molecule has 1 aliphatic heterocycles. The summed E-state index contributed by atoms with van der Waals surface area (Å²) in [5.74, 6) is 0.767. The molecule has 4 aromatic rings. The summed E-state index contributed by atoms with van der Waals surface area (Å²) in [5.41, 5.74) is 7.69. The van der Waals surface area contributed by atoms with Gasteiger partial charge in [0.1, 0.15) is 29.4 Å². The highest BCUT2D eigenvalue weighted by atomic mass is 19.1. The molecule has 176 valence electrons. The molecule has 0 saturated carbocycles. The summed E-state index contributed by atoms with van der Waals surface area (Å²) in [6, 6.07) is 16.7. The molecule has 0 radical (unpaired) electrons. The van der Waals surface area contributed by atoms with Crippen LogP contribution in [-0.2, 0) is 24.5 Å². The molecule has 2 heterocycles. The number of rotatable bonds is 5. The topological polar surface area (TPSA) is 69.3 Å². The average molecular weight is 470 g/mol. The van der Waals surface area contributed by atoms with Gasteiger partial charge in [-0.3, -0.25) is 0 Å². The van der Waals surface area contributed by atoms with Crippen LogP contribution >= 0.6 is 0 Å². The van der Waals surface area contributed by atoms with Gasteiger partial charge >= 0.3 is 0 Å². The Kier molecular flexibility index (Phi) is 5.98. The summed E-state index contributed by atoms with van der Waals surface area (Å²) in [6.45, 7) is 3.08. The van der Waals surface area contributed by atoms with Crippen LogP contribution in [0, 0.1) is 17.1 Å². The van der Waals surface area contributed by atoms with E-state index in [0.29, 0.717) is 35.8 Å². The maximum Gasteiger partial charge on any atom is 0.146 e. The SMILES string of the molecule is COCc1ccc(OC)c2ncn(Cc3ccc4c(c3)COc3cc(F)ccc3C4=C(C)C#N)c12. The number of imidazole rings is 1. The number of hydrogen-bond acceptors (Lipinski definition) is 5. The quantitative estimate of drug-likeness (QED) is 0.355. The molecule has 0 spiro atoms. The molecule has 0 atom stereocenters. The van der Waals surface area contributed by atoms with Gasteiger partial charge in [0, 0.05) is 42.0 Å². The summed E-state index contributed by atoms with van der Waals surface area (Å²) in [5, 5.41) is 9.67. The van der Waals surface area contributed by atoms with E-state index in [2.05, 4.69) is 21.7 Å². The second kappa shape index (κ2) is 9.24. The van der Waals surface area contributed by atoms with E-state index < -0.39 is 0 Å². The van der Waals surface area contributed by atoms with E-state index in [4.69, 9.17) is 14.2 Å². The van der Waals surface area contributed by atoms with Crippen molar-refractivity contribution in [2.75, 3.05) is 14.2 Å². The number of halogens is 1. The molecule has 6 nitrogen and oxygen atoms in total. The summed E-state index contributed by atoms with van der Waals surface area (Å²) in [4.78, 5) is 4.59. The highest BCUT2D eigenvalue weighted by Crippen LogP contribution is 2.39. The molecule has 0 N–H and O–H groups in total. The predicted molar refractivity (Wildman–Crippen MR) is 131 cm³/mol. The minimum absolute atomic E-state index is 0.273. The molecular weight excluding hydrogens is 445 g/mol. The minimum Gasteiger partial charge on any atom is -0.494 e. The van der Waals surface area contributed by atoms with Crippen LogP contribution in [0.25, 0.3) is 16.6 Å². The molecule has 0 amide bonds. The highest BCUT2D eigenvalue weighted by molar-refractivity contribution is 5.88. The van der Waals surface area contributed by atoms with Gasteiger partial charge in [0.15, 0.2) is 0 Å². The van der Waals surface area contributed by atoms with Gasteiger partial charge in [0.25, 0.3) is 0 Å². The number of hydrogen-bond donors (Lipinski definition) is 0. The largest absolute Gasteiger partial charge is 0.494 e. The summed E-state index contributed by atoms with van der Waals surface area (Å²) in [7, 11) is 3.30. The summed E-state index contributed by atoms with van der Waals surface area (Å²) >= 11 is 0. The molecule has 0 saturated heterocycles. The zero-order valence-corrected chi connectivity index (χ0v) is 19.8. The second-order valence-corrected chi connectivity index (χ2v) is 8.46. The number of ether oxygens (including phenoxy) is 3. The molecule has 0 aliphatic carbocycles. The lowest BCUT2D eigenvalue weighted by molar-refractivity contribution is 0.185. The molecule has 0 unspecified atom stereocenters. The predicted octanol–water partition coefficient (Wildman–Crippen LogP) is 5.62. The van der Waals surface area contributed by atoms with Crippen molar-refractivity contribution in [2.24, 2.45) is 0 Å². The van der Waals surface area contributed by atoms with Crippen LogP contribution < -0.4 is 9.47 Å². The second-order valence-electron chi connectivity index (χ2n) is 8.46. The van der Waals surface area contributed by atoms with E-state index in [1.807, 2.05) is 24.3 Å². The first-order chi connectivity index (χ1) is 17.0. The van der Waals surface area contributed by atoms with E-state index in [1.54, 1.807) is 33.5 Å². The van der Waals surface area contributed by atoms with E-state index in [-0.39, 0.29) is 12.4 Å². The number of nitrogens with zero attached hydrogens (tertiary/aromatic N) is 3. The third-order valence-electron chi connectivity index (χ3n) is 6.26. The molecule has 1 aliphatic rings. The molecular formula is C28H24FN3O3. The number of fused-ring (bicyclic) bond motifs is 3. The Morgan fingerprint density at radius 3 is 2.74 bits per heavy atom. The van der Waals surface area contributed by atoms with Crippen LogP contribution in [0.2, 0.25) is 0 Å². The fourth-order valence-corrected chi connectivity index (χ4v) is 4.68. The van der Waals surface area contributed by atoms with Crippen molar-refractivity contribution in [2.45, 2.75) is 26.7 Å². The molecule has 35 heavy (non-hydrogen) atoms. The van der Waals surface area contributed by atoms with Gasteiger partial charge in [-0.05, 0) is 47.9 Å². The minimum atomic E-state index is -0.376. The van der Waals surface area contributed by atoms with Crippen molar-refractivity contribution in [1.29, 1.82) is 5.26 Å². The van der Waals surface area contributed by atoms with Gasteiger partial charge < -0.3 is 18.8 Å². The van der Waals surface area contributed by atoms with E-state index >= 15 is 0 Å². The van der Waals surface area contributed by atoms with Crippen LogP contribution in [0.15, 0.2) is 60.4 Å². The van der Waals surface area contributed by atoms with Crippen molar-refractivity contribution in [1.82, 2.24) is 9.55 Å². The number of nitriles is 1. The molecule has 0 fully saturated rings. The lowest BCUT2D eigenvalue weighted by Gasteiger charge is -2.14. The monoisotopic (exact) mass is 469 g/mol. The van der Waals surface area contributed by atoms with Crippen molar-refractivity contribution in [3.8, 4) is 17.6 Å². The Hall–Kier alpha value is -4.15. The summed E-state index contributed by atoms with van der Waals surface area (Å²) in [6.07, 6.45) is 1.80. The number of allylic oxidation sites excluding steroid dienone is 1. The van der Waals surface area contributed by atoms with Crippen molar-refractivity contribution < 1.29 is 18.6 Å². The van der Waals surface area contributed by atoms with Crippen LogP contribution in [0.3, 0.4) is 0 Å². The molecule has 7 heteroatoms. The molecule has 3 aromatic carbocycles. The van der Waals surface area contributed by atoms with Gasteiger partial charge in [-0.2, -0.15) is 5.26 Å². The third-order valence-corrected chi connectivity index (χ3v) is 6.26. The molecule has 1 aromatic heterocycles. The smallest absolute Gasteiger partial charge is 0.146 e. The van der Waals surface area contributed by atoms with E-state index in [1.165, 1.54) is 12.1 Å². The highest BCUT2D eigenvalue weighted by Gasteiger charge is 2.22. The van der Waals surface area contributed by atoms with Crippen LogP contribution in [0.1, 0.15) is 34.7 Å². The van der Waals surface area contributed by atoms with Gasteiger partial charge in [-0.15, -0.1) is 0 Å². The van der Waals surface area contributed by atoms with Crippen molar-refractivity contribution in [3.05, 3.63) is 94.1 Å². The van der Waals surface area contributed by atoms with Crippen LogP contribution in [0.5, 0.6) is 11.5 Å². The van der Waals surface area contributed by atoms with Gasteiger partial charge in [-0.1, -0.05) is 18.2 Å². The van der Waals surface area contributed by atoms with E-state index in [0.717, 1.165) is 38.9 Å². The zero-order chi connectivity index (χ0) is 24.5. The Morgan fingerprint density at radius 2 is 1.97 bits per heavy atom. The number of methoxy groups -OCH3 is 2. The first-order valence-electron chi connectivity index (χ1n) is 11.2. The molecule has 5 rings (SSSR count). The maximum atomic E-state index is 13.9. The zero-order valence-electron chi connectivity index (χ0n) is 19.8. The number of aromatic nitrogens is 2. The average Bonchev–Trinajstić information content (AvgIpc) is 3.21. The standard InChI is InChI=1S/C28H24FN3O3/c1-17(12-30)26-22-7-4-18(10-20(22)15-35-25-11-21(29)6-8-23(25)26)13-32-16-31-27-24(34-3)9-5-19(14-33-2)28(27)32/h4-11,16H,13-15H2,1-3H3. The summed E-state index contributed by atoms with van der Waals surface area (Å²) < 4.78 is 32.9. The third kappa shape index (κ3) is 4.02. The Bertz CT molecular complexity index is 1510. The van der Waals surface area contributed by atoms with Crippen molar-refractivity contribution in [3.63, 3.8) is 0 Å². The van der Waals surface area contributed by atoms with Crippen molar-refractivity contribution >= 4 is 16.6 Å². The van der Waals surface area contributed by atoms with Crippen LogP contribution in [-0.4, -0.2) is 23.8 Å². The van der Waals surface area contributed by atoms with Gasteiger partial charge in [-0.25, -0.2) is 9.37 Å². The Morgan fingerprint density at radius 1 is 1.14 bits per heavy atom. The lowest BCUT2D eigenvalue weighted by Crippen LogP contribution is -2.04. The fourth-order valence-electron chi connectivity index (χ4n) is 4.68. The Labute approximate surface area is 202 Å². The van der Waals surface area contributed by atoms with Gasteiger partial charge in [0.05, 0.1) is 31.6 Å². The fraction of sp³-hybridized carbons (Fsp3) is 0.214. The van der Waals surface area contributed by atoms with E-state index in [9.17, 15) is 9.65 Å². The first-order valence-corrected chi connectivity index (χ1v) is 11.2. The molecule has 0 bridgehead atoms.